The number of aromatic nitrogens is 2. The molecule has 9 heteroatoms. The second-order valence-corrected chi connectivity index (χ2v) is 8.61. The lowest BCUT2D eigenvalue weighted by molar-refractivity contribution is -0.186. The molecule has 0 radical (unpaired) electrons. The Bertz CT molecular complexity index is 1020. The molecule has 0 saturated carbocycles. The normalized spacial score (nSPS) is 22.9. The summed E-state index contributed by atoms with van der Waals surface area (Å²) in [6, 6.07) is 6.93. The molecule has 2 aromatic rings. The van der Waals surface area contributed by atoms with Crippen LogP contribution in [0.1, 0.15) is 31.4 Å². The number of fused-ring (bicyclic) bond motifs is 1. The molecule has 1 amide bonds. The van der Waals surface area contributed by atoms with E-state index in [0.717, 1.165) is 17.1 Å². The van der Waals surface area contributed by atoms with Gasteiger partial charge in [0, 0.05) is 37.7 Å². The lowest BCUT2D eigenvalue weighted by Crippen LogP contribution is -2.48. The van der Waals surface area contributed by atoms with E-state index in [1.807, 2.05) is 28.6 Å². The molecule has 3 aliphatic heterocycles. The second-order valence-electron chi connectivity index (χ2n) is 7.80. The van der Waals surface area contributed by atoms with Crippen molar-refractivity contribution in [1.82, 2.24) is 14.7 Å². The monoisotopic (exact) mass is 448 g/mol. The molecule has 5 rings (SSSR count). The number of nitrogens with one attached hydrogen (secondary N) is 1. The lowest BCUT2D eigenvalue weighted by Gasteiger charge is -2.39. The molecule has 4 heterocycles. The Labute approximate surface area is 184 Å². The third kappa shape index (κ3) is 3.30. The lowest BCUT2D eigenvalue weighted by atomic mass is 9.93. The largest absolute Gasteiger partial charge is 0.347 e. The van der Waals surface area contributed by atoms with Crippen molar-refractivity contribution in [3.8, 4) is 0 Å². The van der Waals surface area contributed by atoms with E-state index in [9.17, 15) is 4.79 Å². The minimum atomic E-state index is -0.525. The van der Waals surface area contributed by atoms with Crippen LogP contribution in [0.3, 0.4) is 0 Å². The molecule has 7 nitrogen and oxygen atoms in total. The van der Waals surface area contributed by atoms with Crippen LogP contribution < -0.4 is 5.32 Å². The second kappa shape index (κ2) is 7.57. The Morgan fingerprint density at radius 1 is 1.17 bits per heavy atom. The highest BCUT2D eigenvalue weighted by Crippen LogP contribution is 2.39. The summed E-state index contributed by atoms with van der Waals surface area (Å²) >= 11 is 12.4. The van der Waals surface area contributed by atoms with Crippen LogP contribution in [0.5, 0.6) is 0 Å². The van der Waals surface area contributed by atoms with Gasteiger partial charge in [0.25, 0.3) is 5.91 Å². The van der Waals surface area contributed by atoms with Gasteiger partial charge in [-0.3, -0.25) is 4.79 Å². The van der Waals surface area contributed by atoms with Crippen molar-refractivity contribution in [3.05, 3.63) is 57.3 Å². The molecular weight excluding hydrogens is 427 g/mol. The Morgan fingerprint density at radius 2 is 1.90 bits per heavy atom. The number of nitrogens with zero attached hydrogens (tertiary/aromatic N) is 3. The van der Waals surface area contributed by atoms with Gasteiger partial charge in [-0.2, -0.15) is 5.10 Å². The van der Waals surface area contributed by atoms with Crippen LogP contribution in [0.15, 0.2) is 41.7 Å². The minimum Gasteiger partial charge on any atom is -0.347 e. The maximum absolute atomic E-state index is 13.7. The van der Waals surface area contributed by atoms with Gasteiger partial charge >= 0.3 is 0 Å². The van der Waals surface area contributed by atoms with E-state index in [0.29, 0.717) is 54.8 Å². The molecule has 1 spiro atoms. The maximum Gasteiger partial charge on any atom is 0.254 e. The number of ether oxygens (including phenoxy) is 2. The minimum absolute atomic E-state index is 0.0231. The van der Waals surface area contributed by atoms with Gasteiger partial charge in [0.1, 0.15) is 11.9 Å². The van der Waals surface area contributed by atoms with Gasteiger partial charge in [-0.15, -0.1) is 0 Å². The van der Waals surface area contributed by atoms with Crippen LogP contribution in [0.2, 0.25) is 10.0 Å². The number of likely N-dealkylation sites (tertiary alicyclic amines) is 1. The molecule has 1 atom stereocenters. The van der Waals surface area contributed by atoms with Crippen molar-refractivity contribution < 1.29 is 14.3 Å². The number of carbonyl (C=O) groups excluding carboxylic acids is 1. The van der Waals surface area contributed by atoms with Crippen LogP contribution in [-0.4, -0.2) is 52.7 Å². The van der Waals surface area contributed by atoms with Crippen molar-refractivity contribution >= 4 is 34.9 Å². The van der Waals surface area contributed by atoms with E-state index in [2.05, 4.69) is 10.4 Å². The highest BCUT2D eigenvalue weighted by molar-refractivity contribution is 6.42. The smallest absolute Gasteiger partial charge is 0.254 e. The summed E-state index contributed by atoms with van der Waals surface area (Å²) in [5.74, 6) is 0.277. The molecule has 1 N–H and O–H groups in total. The number of carbonyl (C=O) groups is 1. The van der Waals surface area contributed by atoms with E-state index in [1.165, 1.54) is 0 Å². The predicted molar refractivity (Wildman–Crippen MR) is 114 cm³/mol. The van der Waals surface area contributed by atoms with Gasteiger partial charge in [-0.05, 0) is 24.6 Å². The number of hydrogen-bond acceptors (Lipinski definition) is 5. The first-order valence-electron chi connectivity index (χ1n) is 10.0. The van der Waals surface area contributed by atoms with E-state index < -0.39 is 11.8 Å². The summed E-state index contributed by atoms with van der Waals surface area (Å²) < 4.78 is 13.4. The number of benzene rings is 1. The molecule has 30 heavy (non-hydrogen) atoms. The number of amides is 1. The Balaban J connectivity index is 1.48. The summed E-state index contributed by atoms with van der Waals surface area (Å²) in [6.07, 6.45) is 3.05. The number of allylic oxidation sites excluding steroid dienone is 1. The van der Waals surface area contributed by atoms with Crippen molar-refractivity contribution in [2.45, 2.75) is 31.6 Å². The molecule has 0 aliphatic carbocycles. The van der Waals surface area contributed by atoms with Crippen LogP contribution in [-0.2, 0) is 14.3 Å². The van der Waals surface area contributed by atoms with E-state index in [4.69, 9.17) is 32.7 Å². The zero-order chi connectivity index (χ0) is 20.9. The van der Waals surface area contributed by atoms with E-state index >= 15 is 0 Å². The SMILES string of the molecule is CC1=C(C(=O)N2CCC3(CC2)OCCO3)C(c2ccc(Cl)c(Cl)c2)n2nccc2N1. The first-order chi connectivity index (χ1) is 14.5. The number of anilines is 1. The molecule has 2 fully saturated rings. The molecule has 3 aliphatic rings. The highest BCUT2D eigenvalue weighted by Gasteiger charge is 2.43. The first kappa shape index (κ1) is 19.9. The van der Waals surface area contributed by atoms with Gasteiger partial charge < -0.3 is 19.7 Å². The Kier molecular flexibility index (Phi) is 5.01. The van der Waals surface area contributed by atoms with E-state index in [1.54, 1.807) is 18.3 Å². The Hall–Kier alpha value is -2.06. The highest BCUT2D eigenvalue weighted by atomic mass is 35.5. The van der Waals surface area contributed by atoms with Gasteiger partial charge in [0.2, 0.25) is 0 Å². The third-order valence-electron chi connectivity index (χ3n) is 6.02. The maximum atomic E-state index is 13.7. The van der Waals surface area contributed by atoms with Crippen LogP contribution in [0.4, 0.5) is 5.82 Å². The number of hydrogen-bond donors (Lipinski definition) is 1. The van der Waals surface area contributed by atoms with Crippen molar-refractivity contribution in [2.75, 3.05) is 31.6 Å². The fourth-order valence-corrected chi connectivity index (χ4v) is 4.79. The van der Waals surface area contributed by atoms with Crippen molar-refractivity contribution in [1.29, 1.82) is 0 Å². The summed E-state index contributed by atoms with van der Waals surface area (Å²) in [4.78, 5) is 15.6. The number of halogens is 2. The van der Waals surface area contributed by atoms with Crippen molar-refractivity contribution in [3.63, 3.8) is 0 Å². The van der Waals surface area contributed by atoms with Crippen molar-refractivity contribution in [2.24, 2.45) is 0 Å². The topological polar surface area (TPSA) is 68.6 Å². The summed E-state index contributed by atoms with van der Waals surface area (Å²) in [5, 5.41) is 8.70. The molecule has 0 bridgehead atoms. The van der Waals surface area contributed by atoms with Crippen LogP contribution >= 0.6 is 23.2 Å². The Morgan fingerprint density at radius 3 is 2.60 bits per heavy atom. The average molecular weight is 449 g/mol. The molecular formula is C21H22Cl2N4O3. The van der Waals surface area contributed by atoms with Gasteiger partial charge in [0.15, 0.2) is 5.79 Å². The van der Waals surface area contributed by atoms with Gasteiger partial charge in [-0.1, -0.05) is 29.3 Å². The fraction of sp³-hybridized carbons (Fsp3) is 0.429. The molecule has 158 valence electrons. The molecule has 2 saturated heterocycles. The average Bonchev–Trinajstić information content (AvgIpc) is 3.39. The fourth-order valence-electron chi connectivity index (χ4n) is 4.48. The summed E-state index contributed by atoms with van der Waals surface area (Å²) in [5.41, 5.74) is 2.31. The third-order valence-corrected chi connectivity index (χ3v) is 6.76. The number of piperidine rings is 1. The van der Waals surface area contributed by atoms with Crippen LogP contribution in [0.25, 0.3) is 0 Å². The zero-order valence-corrected chi connectivity index (χ0v) is 18.0. The van der Waals surface area contributed by atoms with Gasteiger partial charge in [0.05, 0.1) is 35.0 Å². The number of rotatable bonds is 2. The quantitative estimate of drug-likeness (QED) is 0.755. The molecule has 1 aromatic heterocycles. The van der Waals surface area contributed by atoms with E-state index in [-0.39, 0.29) is 5.91 Å². The predicted octanol–water partition coefficient (Wildman–Crippen LogP) is 3.84. The van der Waals surface area contributed by atoms with Crippen LogP contribution in [0, 0.1) is 0 Å². The molecule has 1 unspecified atom stereocenters. The first-order valence-corrected chi connectivity index (χ1v) is 10.8. The standard InChI is InChI=1S/C21H22Cl2N4O3/c1-13-18(20(28)26-8-5-21(6-9-26)29-10-11-30-21)19(27-17(25-13)4-7-24-27)14-2-3-15(22)16(23)12-14/h2-4,7,12,19,25H,5-6,8-11H2,1H3. The van der Waals surface area contributed by atoms with Gasteiger partial charge in [-0.25, -0.2) is 4.68 Å². The zero-order valence-electron chi connectivity index (χ0n) is 16.5. The summed E-state index contributed by atoms with van der Waals surface area (Å²) in [7, 11) is 0. The molecule has 1 aromatic carbocycles. The summed E-state index contributed by atoms with van der Waals surface area (Å²) in [6.45, 7) is 4.31.